The molecular formula is C50H59N3O5. The van der Waals surface area contributed by atoms with Gasteiger partial charge >= 0.3 is 6.09 Å². The molecule has 0 heterocycles. The van der Waals surface area contributed by atoms with E-state index in [9.17, 15) is 9.59 Å². The van der Waals surface area contributed by atoms with Crippen molar-refractivity contribution in [2.24, 2.45) is 17.4 Å². The summed E-state index contributed by atoms with van der Waals surface area (Å²) in [4.78, 5) is 26.7. The van der Waals surface area contributed by atoms with E-state index in [1.54, 1.807) is 17.0 Å². The van der Waals surface area contributed by atoms with Gasteiger partial charge in [-0.25, -0.2) is 4.79 Å². The number of primary amides is 1. The molecule has 4 N–H and O–H groups in total. The smallest absolute Gasteiger partial charge is 0.410 e. The second-order valence-corrected chi connectivity index (χ2v) is 15.7. The Kier molecular flexibility index (Phi) is 15.4. The topological polar surface area (TPSA) is 117 Å². The van der Waals surface area contributed by atoms with Crippen LogP contribution in [0.2, 0.25) is 0 Å². The lowest BCUT2D eigenvalue weighted by Crippen LogP contribution is -2.49. The fourth-order valence-electron chi connectivity index (χ4n) is 8.16. The molecule has 0 aliphatic heterocycles. The minimum absolute atomic E-state index is 0.226. The van der Waals surface area contributed by atoms with Crippen LogP contribution >= 0.6 is 0 Å². The van der Waals surface area contributed by atoms with Gasteiger partial charge in [0.2, 0.25) is 5.91 Å². The SMILES string of the molecule is CCC[C@](N)(CCCCCN(CCc1ccc(C(N)=O)cc1)C(=O)OCc1ccccc1)C1CCc2c(ccc(OCc3ccccc3)c2OCc2ccccc2)C1. The summed E-state index contributed by atoms with van der Waals surface area (Å²) in [6.45, 7) is 4.51. The molecule has 0 bridgehead atoms. The van der Waals surface area contributed by atoms with Gasteiger partial charge in [-0.1, -0.05) is 135 Å². The third kappa shape index (κ3) is 12.0. The summed E-state index contributed by atoms with van der Waals surface area (Å²) in [5.41, 5.74) is 19.8. The first-order chi connectivity index (χ1) is 28.3. The Bertz CT molecular complexity index is 2020. The van der Waals surface area contributed by atoms with Crippen LogP contribution in [0.1, 0.15) is 95.6 Å². The molecule has 8 heteroatoms. The predicted molar refractivity (Wildman–Crippen MR) is 231 cm³/mol. The van der Waals surface area contributed by atoms with E-state index in [2.05, 4.69) is 43.3 Å². The van der Waals surface area contributed by atoms with E-state index >= 15 is 0 Å². The van der Waals surface area contributed by atoms with Gasteiger partial charge in [0.25, 0.3) is 0 Å². The third-order valence-corrected chi connectivity index (χ3v) is 11.5. The van der Waals surface area contributed by atoms with Crippen LogP contribution in [0.25, 0.3) is 0 Å². The van der Waals surface area contributed by atoms with Gasteiger partial charge in [-0.15, -0.1) is 0 Å². The van der Waals surface area contributed by atoms with Crippen molar-refractivity contribution >= 4 is 12.0 Å². The number of benzene rings is 5. The van der Waals surface area contributed by atoms with Gasteiger partial charge < -0.3 is 30.6 Å². The van der Waals surface area contributed by atoms with Gasteiger partial charge in [0.1, 0.15) is 19.8 Å². The van der Waals surface area contributed by atoms with Crippen molar-refractivity contribution in [3.63, 3.8) is 0 Å². The van der Waals surface area contributed by atoms with Crippen LogP contribution in [-0.4, -0.2) is 35.5 Å². The number of carbonyl (C=O) groups is 2. The Morgan fingerprint density at radius 1 is 0.690 bits per heavy atom. The number of ether oxygens (including phenoxy) is 3. The summed E-state index contributed by atoms with van der Waals surface area (Å²) in [5, 5.41) is 0. The first-order valence-electron chi connectivity index (χ1n) is 20.9. The molecule has 2 atom stereocenters. The maximum Gasteiger partial charge on any atom is 0.410 e. The molecule has 1 unspecified atom stereocenters. The predicted octanol–water partition coefficient (Wildman–Crippen LogP) is 9.99. The van der Waals surface area contributed by atoms with Crippen molar-refractivity contribution in [2.75, 3.05) is 13.1 Å². The van der Waals surface area contributed by atoms with Gasteiger partial charge in [-0.2, -0.15) is 0 Å². The second kappa shape index (κ2) is 21.2. The molecule has 2 amide bonds. The Labute approximate surface area is 344 Å². The maximum absolute atomic E-state index is 13.4. The molecule has 8 nitrogen and oxygen atoms in total. The van der Waals surface area contributed by atoms with E-state index in [1.165, 1.54) is 11.1 Å². The summed E-state index contributed by atoms with van der Waals surface area (Å²) in [6.07, 6.45) is 8.84. The highest BCUT2D eigenvalue weighted by molar-refractivity contribution is 5.92. The molecule has 0 aromatic heterocycles. The minimum atomic E-state index is -0.455. The average Bonchev–Trinajstić information content (AvgIpc) is 3.26. The lowest BCUT2D eigenvalue weighted by molar-refractivity contribution is 0.0955. The van der Waals surface area contributed by atoms with E-state index in [0.29, 0.717) is 44.2 Å². The van der Waals surface area contributed by atoms with Crippen LogP contribution in [0.3, 0.4) is 0 Å². The highest BCUT2D eigenvalue weighted by Crippen LogP contribution is 2.43. The molecule has 5 aromatic rings. The number of carbonyl (C=O) groups excluding carboxylic acids is 2. The summed E-state index contributed by atoms with van der Waals surface area (Å²) in [7, 11) is 0. The van der Waals surface area contributed by atoms with Gasteiger partial charge in [-0.3, -0.25) is 4.79 Å². The Morgan fingerprint density at radius 3 is 1.93 bits per heavy atom. The lowest BCUT2D eigenvalue weighted by Gasteiger charge is -2.41. The molecule has 0 fully saturated rings. The molecule has 0 saturated carbocycles. The normalized spacial score (nSPS) is 14.5. The Morgan fingerprint density at radius 2 is 1.31 bits per heavy atom. The molecule has 5 aromatic carbocycles. The fraction of sp³-hybridized carbons (Fsp3) is 0.360. The number of nitrogens with two attached hydrogens (primary N) is 2. The molecule has 0 radical (unpaired) electrons. The molecule has 0 spiro atoms. The number of fused-ring (bicyclic) bond motifs is 1. The molecule has 304 valence electrons. The molecular weight excluding hydrogens is 723 g/mol. The van der Waals surface area contributed by atoms with E-state index in [4.69, 9.17) is 25.7 Å². The zero-order chi connectivity index (χ0) is 40.6. The lowest BCUT2D eigenvalue weighted by atomic mass is 9.69. The standard InChI is InChI=1S/C50H59N3O5/c1-2-30-50(52,31-13-6-14-32-53(49(55)58-37-41-19-11-5-12-20-41)33-29-38-21-23-42(24-22-38)48(51)54)44-26-27-45-43(34-44)25-28-46(56-35-39-15-7-3-8-16-39)47(45)57-36-40-17-9-4-10-18-40/h3-5,7-12,15-25,28,44H,2,6,13-14,26-27,29-37,52H2,1H3,(H2,51,54)/t44?,50-/m0/s1. The van der Waals surface area contributed by atoms with Gasteiger partial charge in [0.05, 0.1) is 0 Å². The quantitative estimate of drug-likeness (QED) is 0.0716. The van der Waals surface area contributed by atoms with Crippen molar-refractivity contribution in [1.82, 2.24) is 4.90 Å². The largest absolute Gasteiger partial charge is 0.485 e. The van der Waals surface area contributed by atoms with E-state index < -0.39 is 5.91 Å². The number of unbranched alkanes of at least 4 members (excludes halogenated alkanes) is 2. The summed E-state index contributed by atoms with van der Waals surface area (Å²) in [5.74, 6) is 1.53. The van der Waals surface area contributed by atoms with Gasteiger partial charge in [0.15, 0.2) is 11.5 Å². The number of rotatable bonds is 21. The van der Waals surface area contributed by atoms with Crippen LogP contribution in [0.4, 0.5) is 4.79 Å². The fourth-order valence-corrected chi connectivity index (χ4v) is 8.16. The number of hydrogen-bond acceptors (Lipinski definition) is 6. The summed E-state index contributed by atoms with van der Waals surface area (Å²) < 4.78 is 18.8. The van der Waals surface area contributed by atoms with Crippen molar-refractivity contribution in [2.45, 2.75) is 96.5 Å². The van der Waals surface area contributed by atoms with Crippen LogP contribution in [-0.2, 0) is 43.8 Å². The zero-order valence-corrected chi connectivity index (χ0v) is 34.0. The maximum atomic E-state index is 13.4. The molecule has 0 saturated heterocycles. The van der Waals surface area contributed by atoms with E-state index in [0.717, 1.165) is 91.5 Å². The molecule has 6 rings (SSSR count). The van der Waals surface area contributed by atoms with Crippen LogP contribution < -0.4 is 20.9 Å². The van der Waals surface area contributed by atoms with Gasteiger partial charge in [-0.05, 0) is 96.9 Å². The number of amides is 2. The highest BCUT2D eigenvalue weighted by atomic mass is 16.6. The summed E-state index contributed by atoms with van der Waals surface area (Å²) >= 11 is 0. The Balaban J connectivity index is 1.07. The van der Waals surface area contributed by atoms with Crippen LogP contribution in [0.5, 0.6) is 11.5 Å². The van der Waals surface area contributed by atoms with E-state index in [1.807, 2.05) is 78.9 Å². The first-order valence-corrected chi connectivity index (χ1v) is 20.9. The number of nitrogens with zero attached hydrogens (tertiary/aromatic N) is 1. The molecule has 1 aliphatic carbocycles. The van der Waals surface area contributed by atoms with Crippen molar-refractivity contribution in [3.8, 4) is 11.5 Å². The third-order valence-electron chi connectivity index (χ3n) is 11.5. The summed E-state index contributed by atoms with van der Waals surface area (Å²) in [6, 6.07) is 41.8. The average molecular weight is 782 g/mol. The van der Waals surface area contributed by atoms with Crippen molar-refractivity contribution in [1.29, 1.82) is 0 Å². The molecule has 1 aliphatic rings. The Hall–Kier alpha value is -5.60. The first kappa shape index (κ1) is 42.0. The highest BCUT2D eigenvalue weighted by Gasteiger charge is 2.37. The van der Waals surface area contributed by atoms with Crippen molar-refractivity contribution in [3.05, 3.63) is 166 Å². The second-order valence-electron chi connectivity index (χ2n) is 15.7. The van der Waals surface area contributed by atoms with Gasteiger partial charge in [0, 0.05) is 29.8 Å². The zero-order valence-electron chi connectivity index (χ0n) is 34.0. The van der Waals surface area contributed by atoms with Crippen LogP contribution in [0, 0.1) is 5.92 Å². The minimum Gasteiger partial charge on any atom is -0.485 e. The molecule has 58 heavy (non-hydrogen) atoms. The monoisotopic (exact) mass is 781 g/mol. The van der Waals surface area contributed by atoms with E-state index in [-0.39, 0.29) is 18.2 Å². The van der Waals surface area contributed by atoms with Crippen molar-refractivity contribution < 1.29 is 23.8 Å². The number of hydrogen-bond donors (Lipinski definition) is 2. The van der Waals surface area contributed by atoms with Crippen LogP contribution in [0.15, 0.2) is 127 Å².